The first-order valence-corrected chi connectivity index (χ1v) is 8.67. The van der Waals surface area contributed by atoms with Crippen LogP contribution in [0, 0.1) is 0 Å². The number of thioether (sulfide) groups is 1. The summed E-state index contributed by atoms with van der Waals surface area (Å²) in [6, 6.07) is 16.0. The van der Waals surface area contributed by atoms with E-state index in [2.05, 4.69) is 26.8 Å². The lowest BCUT2D eigenvalue weighted by atomic mass is 10.1. The zero-order valence-corrected chi connectivity index (χ0v) is 14.2. The van der Waals surface area contributed by atoms with Crippen molar-refractivity contribution >= 4 is 39.5 Å². The Labute approximate surface area is 148 Å². The molecule has 2 aromatic carbocycles. The van der Waals surface area contributed by atoms with Crippen LogP contribution < -0.4 is 0 Å². The second kappa shape index (κ2) is 6.57. The fourth-order valence-corrected chi connectivity index (χ4v) is 3.31. The first kappa shape index (κ1) is 15.7. The first-order chi connectivity index (χ1) is 12.2. The van der Waals surface area contributed by atoms with Gasteiger partial charge in [-0.2, -0.15) is 0 Å². The van der Waals surface area contributed by atoms with Gasteiger partial charge >= 0.3 is 5.97 Å². The maximum absolute atomic E-state index is 11.3. The fraction of sp³-hybridized carbons (Fsp3) is 0.105. The summed E-state index contributed by atoms with van der Waals surface area (Å²) in [6.45, 7) is 0. The number of aromatic nitrogens is 2. The van der Waals surface area contributed by atoms with Gasteiger partial charge in [0.1, 0.15) is 11.3 Å². The summed E-state index contributed by atoms with van der Waals surface area (Å²) in [5.74, 6) is 0.535. The quantitative estimate of drug-likeness (QED) is 0.310. The Bertz CT molecular complexity index is 1070. The van der Waals surface area contributed by atoms with Crippen LogP contribution in [0.2, 0.25) is 0 Å². The van der Waals surface area contributed by atoms with E-state index in [-0.39, 0.29) is 11.7 Å². The SMILES string of the molecule is COC(=O)CSc1nccc(-c2cc3c(ccc4ccccc43)o2)n1. The molecular formula is C19H14N2O3S. The van der Waals surface area contributed by atoms with E-state index in [1.54, 1.807) is 12.3 Å². The molecule has 4 rings (SSSR count). The third kappa shape index (κ3) is 3.08. The van der Waals surface area contributed by atoms with Crippen LogP contribution >= 0.6 is 11.8 Å². The van der Waals surface area contributed by atoms with Gasteiger partial charge in [0.05, 0.1) is 12.9 Å². The number of benzene rings is 2. The number of carbonyl (C=O) groups excluding carboxylic acids is 1. The van der Waals surface area contributed by atoms with Crippen LogP contribution in [-0.4, -0.2) is 28.8 Å². The molecule has 25 heavy (non-hydrogen) atoms. The molecule has 0 aliphatic carbocycles. The molecule has 0 amide bonds. The van der Waals surface area contributed by atoms with Gasteiger partial charge in [0.25, 0.3) is 0 Å². The molecule has 0 unspecified atom stereocenters. The Morgan fingerprint density at radius 1 is 1.16 bits per heavy atom. The number of rotatable bonds is 4. The lowest BCUT2D eigenvalue weighted by Crippen LogP contribution is -2.03. The largest absolute Gasteiger partial charge is 0.468 e. The number of ether oxygens (including phenoxy) is 1. The molecule has 0 saturated carbocycles. The van der Waals surface area contributed by atoms with Crippen molar-refractivity contribution < 1.29 is 13.9 Å². The van der Waals surface area contributed by atoms with Crippen LogP contribution in [0.4, 0.5) is 0 Å². The van der Waals surface area contributed by atoms with Gasteiger partial charge < -0.3 is 9.15 Å². The predicted molar refractivity (Wildman–Crippen MR) is 97.5 cm³/mol. The minimum atomic E-state index is -0.311. The average Bonchev–Trinajstić information content (AvgIpc) is 3.11. The summed E-state index contributed by atoms with van der Waals surface area (Å²) in [4.78, 5) is 19.9. The van der Waals surface area contributed by atoms with E-state index in [4.69, 9.17) is 4.42 Å². The van der Waals surface area contributed by atoms with Crippen LogP contribution in [0.25, 0.3) is 33.2 Å². The van der Waals surface area contributed by atoms with Crippen LogP contribution in [0.5, 0.6) is 0 Å². The molecule has 6 heteroatoms. The van der Waals surface area contributed by atoms with Gasteiger partial charge in [-0.05, 0) is 29.0 Å². The van der Waals surface area contributed by atoms with E-state index in [0.717, 1.165) is 16.4 Å². The summed E-state index contributed by atoms with van der Waals surface area (Å²) < 4.78 is 10.6. The highest BCUT2D eigenvalue weighted by molar-refractivity contribution is 7.99. The summed E-state index contributed by atoms with van der Waals surface area (Å²) in [5.41, 5.74) is 1.50. The Morgan fingerprint density at radius 3 is 2.92 bits per heavy atom. The van der Waals surface area contributed by atoms with Crippen molar-refractivity contribution in [2.75, 3.05) is 12.9 Å². The molecule has 124 valence electrons. The molecule has 0 radical (unpaired) electrons. The normalized spacial score (nSPS) is 11.1. The topological polar surface area (TPSA) is 65.2 Å². The van der Waals surface area contributed by atoms with Crippen molar-refractivity contribution in [3.05, 3.63) is 54.7 Å². The number of fused-ring (bicyclic) bond motifs is 3. The molecule has 0 aliphatic rings. The van der Waals surface area contributed by atoms with E-state index in [0.29, 0.717) is 16.6 Å². The van der Waals surface area contributed by atoms with Gasteiger partial charge in [-0.15, -0.1) is 0 Å². The van der Waals surface area contributed by atoms with Gasteiger partial charge in [-0.1, -0.05) is 42.1 Å². The maximum atomic E-state index is 11.3. The minimum absolute atomic E-state index is 0.171. The van der Waals surface area contributed by atoms with Gasteiger partial charge in [-0.25, -0.2) is 9.97 Å². The smallest absolute Gasteiger partial charge is 0.316 e. The predicted octanol–water partition coefficient (Wildman–Crippen LogP) is 4.31. The van der Waals surface area contributed by atoms with Crippen molar-refractivity contribution in [2.24, 2.45) is 0 Å². The highest BCUT2D eigenvalue weighted by atomic mass is 32.2. The van der Waals surface area contributed by atoms with E-state index >= 15 is 0 Å². The Balaban J connectivity index is 1.72. The van der Waals surface area contributed by atoms with Crippen LogP contribution in [0.15, 0.2) is 64.3 Å². The van der Waals surface area contributed by atoms with Gasteiger partial charge in [0.15, 0.2) is 10.9 Å². The summed E-state index contributed by atoms with van der Waals surface area (Å²) in [5, 5.41) is 3.87. The van der Waals surface area contributed by atoms with E-state index in [1.807, 2.05) is 30.3 Å². The zero-order valence-electron chi connectivity index (χ0n) is 13.4. The van der Waals surface area contributed by atoms with Crippen LogP contribution in [0.3, 0.4) is 0 Å². The maximum Gasteiger partial charge on any atom is 0.316 e. The number of hydrogen-bond acceptors (Lipinski definition) is 6. The number of furan rings is 1. The molecule has 0 saturated heterocycles. The van der Waals surface area contributed by atoms with Crippen LogP contribution in [0.1, 0.15) is 0 Å². The molecule has 0 bridgehead atoms. The first-order valence-electron chi connectivity index (χ1n) is 7.69. The number of esters is 1. The molecule has 0 fully saturated rings. The average molecular weight is 350 g/mol. The number of methoxy groups -OCH3 is 1. The number of nitrogens with zero attached hydrogens (tertiary/aromatic N) is 2. The van der Waals surface area contributed by atoms with E-state index in [1.165, 1.54) is 24.3 Å². The minimum Gasteiger partial charge on any atom is -0.468 e. The monoisotopic (exact) mass is 350 g/mol. The summed E-state index contributed by atoms with van der Waals surface area (Å²) in [7, 11) is 1.36. The molecule has 5 nitrogen and oxygen atoms in total. The molecule has 2 heterocycles. The van der Waals surface area contributed by atoms with Crippen molar-refractivity contribution in [2.45, 2.75) is 5.16 Å². The second-order valence-corrected chi connectivity index (χ2v) is 6.34. The van der Waals surface area contributed by atoms with Gasteiger partial charge in [-0.3, -0.25) is 4.79 Å². The van der Waals surface area contributed by atoms with Crippen LogP contribution in [-0.2, 0) is 9.53 Å². The van der Waals surface area contributed by atoms with Gasteiger partial charge in [0.2, 0.25) is 0 Å². The Hall–Kier alpha value is -2.86. The van der Waals surface area contributed by atoms with E-state index in [9.17, 15) is 4.79 Å². The highest BCUT2D eigenvalue weighted by Crippen LogP contribution is 2.32. The molecule has 2 aromatic heterocycles. The lowest BCUT2D eigenvalue weighted by Gasteiger charge is -2.00. The van der Waals surface area contributed by atoms with Crippen molar-refractivity contribution in [3.8, 4) is 11.5 Å². The summed E-state index contributed by atoms with van der Waals surface area (Å²) in [6.07, 6.45) is 1.66. The van der Waals surface area contributed by atoms with Crippen molar-refractivity contribution in [1.82, 2.24) is 9.97 Å². The lowest BCUT2D eigenvalue weighted by molar-refractivity contribution is -0.137. The highest BCUT2D eigenvalue weighted by Gasteiger charge is 2.12. The summed E-state index contributed by atoms with van der Waals surface area (Å²) >= 11 is 1.23. The molecule has 0 aliphatic heterocycles. The molecular weight excluding hydrogens is 336 g/mol. The van der Waals surface area contributed by atoms with Crippen molar-refractivity contribution in [1.29, 1.82) is 0 Å². The molecule has 0 N–H and O–H groups in total. The zero-order chi connectivity index (χ0) is 17.2. The standard InChI is InChI=1S/C19H14N2O3S/c1-23-18(22)11-25-19-20-9-8-15(21-19)17-10-14-13-5-3-2-4-12(13)6-7-16(14)24-17/h2-10H,11H2,1H3. The Morgan fingerprint density at radius 2 is 2.04 bits per heavy atom. The number of hydrogen-bond donors (Lipinski definition) is 0. The third-order valence-corrected chi connectivity index (χ3v) is 4.69. The number of carbonyl (C=O) groups is 1. The third-order valence-electron chi connectivity index (χ3n) is 3.86. The van der Waals surface area contributed by atoms with E-state index < -0.39 is 0 Å². The molecule has 0 spiro atoms. The Kier molecular flexibility index (Phi) is 4.11. The molecule has 0 atom stereocenters. The van der Waals surface area contributed by atoms with Gasteiger partial charge in [0, 0.05) is 11.6 Å². The fourth-order valence-electron chi connectivity index (χ4n) is 2.65. The second-order valence-electron chi connectivity index (χ2n) is 5.40. The molecule has 4 aromatic rings. The van der Waals surface area contributed by atoms with Crippen molar-refractivity contribution in [3.63, 3.8) is 0 Å².